The minimum Gasteiger partial charge on any atom is -0.502 e. The van der Waals surface area contributed by atoms with Gasteiger partial charge in [-0.1, -0.05) is 34.1 Å². The molecule has 1 saturated heterocycles. The molecular weight excluding hydrogens is 528 g/mol. The third kappa shape index (κ3) is 4.90. The van der Waals surface area contributed by atoms with Gasteiger partial charge in [-0.15, -0.1) is 0 Å². The van der Waals surface area contributed by atoms with E-state index in [2.05, 4.69) is 20.8 Å². The van der Waals surface area contributed by atoms with Crippen LogP contribution in [0.3, 0.4) is 0 Å². The molecule has 0 aliphatic carbocycles. The zero-order valence-electron chi connectivity index (χ0n) is 19.9. The van der Waals surface area contributed by atoms with Crippen molar-refractivity contribution in [1.29, 1.82) is 0 Å². The summed E-state index contributed by atoms with van der Waals surface area (Å²) >= 11 is 3.44. The number of likely N-dealkylation sites (tertiary alicyclic amines) is 1. The van der Waals surface area contributed by atoms with Gasteiger partial charge in [0, 0.05) is 47.9 Å². The second-order valence-electron chi connectivity index (χ2n) is 9.57. The molecule has 0 saturated carbocycles. The summed E-state index contributed by atoms with van der Waals surface area (Å²) in [5, 5.41) is 10.7. The zero-order chi connectivity index (χ0) is 25.4. The Morgan fingerprint density at radius 2 is 1.97 bits per heavy atom. The summed E-state index contributed by atoms with van der Waals surface area (Å²) in [4.78, 5) is 39.5. The van der Waals surface area contributed by atoms with Crippen LogP contribution in [0.25, 0.3) is 0 Å². The van der Waals surface area contributed by atoms with Gasteiger partial charge in [0.2, 0.25) is 11.2 Å². The summed E-state index contributed by atoms with van der Waals surface area (Å²) in [5.41, 5.74) is 1.24. The van der Waals surface area contributed by atoms with Gasteiger partial charge in [-0.25, -0.2) is 0 Å². The quantitative estimate of drug-likeness (QED) is 0.464. The third-order valence-electron chi connectivity index (χ3n) is 7.10. The molecular formula is C27H27BrN2O6. The lowest BCUT2D eigenvalue weighted by atomic mass is 9.83. The van der Waals surface area contributed by atoms with Crippen molar-refractivity contribution < 1.29 is 19.1 Å². The van der Waals surface area contributed by atoms with Crippen molar-refractivity contribution in [2.24, 2.45) is 5.92 Å². The summed E-state index contributed by atoms with van der Waals surface area (Å²) in [6.07, 6.45) is 0.932. The predicted octanol–water partition coefficient (Wildman–Crippen LogP) is 3.58. The summed E-state index contributed by atoms with van der Waals surface area (Å²) in [6, 6.07) is 14.1. The largest absolute Gasteiger partial charge is 0.502 e. The average Bonchev–Trinajstić information content (AvgIpc) is 2.85. The van der Waals surface area contributed by atoms with Crippen LogP contribution in [0.4, 0.5) is 0 Å². The molecule has 1 fully saturated rings. The Kier molecular flexibility index (Phi) is 6.85. The molecule has 2 aliphatic rings. The number of hydrogen-bond acceptors (Lipinski definition) is 7. The molecule has 9 heteroatoms. The number of piperidine rings is 1. The van der Waals surface area contributed by atoms with E-state index in [1.807, 2.05) is 41.0 Å². The number of esters is 1. The lowest BCUT2D eigenvalue weighted by Gasteiger charge is -2.42. The fourth-order valence-corrected chi connectivity index (χ4v) is 5.97. The zero-order valence-corrected chi connectivity index (χ0v) is 21.4. The molecule has 1 unspecified atom stereocenters. The van der Waals surface area contributed by atoms with E-state index < -0.39 is 23.1 Å². The van der Waals surface area contributed by atoms with Crippen LogP contribution in [0.15, 0.2) is 67.0 Å². The average molecular weight is 555 g/mol. The molecule has 1 aromatic carbocycles. The molecule has 0 amide bonds. The highest BCUT2D eigenvalue weighted by Gasteiger charge is 2.35. The van der Waals surface area contributed by atoms with Crippen LogP contribution in [-0.4, -0.2) is 40.7 Å². The molecule has 4 heterocycles. The second-order valence-corrected chi connectivity index (χ2v) is 10.5. The molecule has 8 nitrogen and oxygen atoms in total. The number of aromatic hydroxyl groups is 1. The number of aromatic nitrogens is 1. The van der Waals surface area contributed by atoms with Gasteiger partial charge >= 0.3 is 5.97 Å². The van der Waals surface area contributed by atoms with Crippen molar-refractivity contribution in [1.82, 2.24) is 9.47 Å². The topological polar surface area (TPSA) is 102 Å². The fourth-order valence-electron chi connectivity index (χ4n) is 5.55. The Labute approximate surface area is 216 Å². The van der Waals surface area contributed by atoms with Gasteiger partial charge in [0.25, 0.3) is 5.56 Å². The number of hydrogen-bond donors (Lipinski definition) is 1. The molecule has 2 aliphatic heterocycles. The van der Waals surface area contributed by atoms with E-state index in [0.29, 0.717) is 30.3 Å². The number of pyridine rings is 1. The van der Waals surface area contributed by atoms with Crippen LogP contribution in [0.2, 0.25) is 0 Å². The number of carbonyl (C=O) groups is 1. The van der Waals surface area contributed by atoms with Crippen molar-refractivity contribution in [3.05, 3.63) is 96.4 Å². The maximum Gasteiger partial charge on any atom is 0.306 e. The fraction of sp³-hybridized carbons (Fsp3) is 0.370. The van der Waals surface area contributed by atoms with Crippen LogP contribution in [0.1, 0.15) is 47.5 Å². The number of methoxy groups -OCH3 is 1. The number of rotatable bonds is 6. The Morgan fingerprint density at radius 1 is 1.17 bits per heavy atom. The maximum absolute atomic E-state index is 12.8. The predicted molar refractivity (Wildman–Crippen MR) is 136 cm³/mol. The Balaban J connectivity index is 1.45. The third-order valence-corrected chi connectivity index (χ3v) is 7.59. The van der Waals surface area contributed by atoms with E-state index >= 15 is 0 Å². The summed E-state index contributed by atoms with van der Waals surface area (Å²) in [6.45, 7) is 2.57. The first-order chi connectivity index (χ1) is 17.3. The molecule has 0 radical (unpaired) electrons. The Hall–Kier alpha value is -3.17. The number of benzene rings is 1. The molecule has 0 spiro atoms. The molecule has 2 bridgehead atoms. The smallest absolute Gasteiger partial charge is 0.306 e. The standard InChI is InChI=1S/C27H27BrN2O6/c1-35-25(33)11-21(17-4-2-5-19(28)9-17)27-26(34)23(31)10-20(36-27)15-29-12-16-8-18(14-29)22-6-3-7-24(32)30(22)13-16/h2-7,9-10,16,18,21,34H,8,11-15H2,1H3/t16-,18+,21?/m1/s1. The first-order valence-electron chi connectivity index (χ1n) is 11.9. The van der Waals surface area contributed by atoms with Crippen molar-refractivity contribution >= 4 is 21.9 Å². The number of carbonyl (C=O) groups excluding carboxylic acids is 1. The van der Waals surface area contributed by atoms with Gasteiger partial charge in [-0.3, -0.25) is 19.3 Å². The Morgan fingerprint density at radius 3 is 2.75 bits per heavy atom. The Bertz CT molecular complexity index is 1410. The van der Waals surface area contributed by atoms with Gasteiger partial charge in [-0.2, -0.15) is 0 Å². The van der Waals surface area contributed by atoms with Crippen molar-refractivity contribution in [3.63, 3.8) is 0 Å². The van der Waals surface area contributed by atoms with Gasteiger partial charge in [-0.05, 0) is 36.1 Å². The molecule has 36 heavy (non-hydrogen) atoms. The van der Waals surface area contributed by atoms with Crippen LogP contribution in [0, 0.1) is 5.92 Å². The van der Waals surface area contributed by atoms with E-state index in [9.17, 15) is 19.5 Å². The molecule has 3 atom stereocenters. The summed E-state index contributed by atoms with van der Waals surface area (Å²) in [5.74, 6) is -0.654. The molecule has 5 rings (SSSR count). The van der Waals surface area contributed by atoms with Crippen molar-refractivity contribution in [3.8, 4) is 5.75 Å². The number of fused-ring (bicyclic) bond motifs is 4. The summed E-state index contributed by atoms with van der Waals surface area (Å²) in [7, 11) is 1.30. The number of halogens is 1. The normalized spacial score (nSPS) is 19.9. The van der Waals surface area contributed by atoms with Crippen molar-refractivity contribution in [2.45, 2.75) is 37.8 Å². The van der Waals surface area contributed by atoms with Crippen LogP contribution >= 0.6 is 15.9 Å². The molecule has 1 N–H and O–H groups in total. The van der Waals surface area contributed by atoms with Crippen LogP contribution in [-0.2, 0) is 22.6 Å². The minimum atomic E-state index is -0.693. The first-order valence-corrected chi connectivity index (χ1v) is 12.7. The van der Waals surface area contributed by atoms with E-state index in [1.165, 1.54) is 13.2 Å². The van der Waals surface area contributed by atoms with E-state index in [4.69, 9.17) is 9.15 Å². The minimum absolute atomic E-state index is 0.0361. The lowest BCUT2D eigenvalue weighted by molar-refractivity contribution is -0.140. The van der Waals surface area contributed by atoms with Gasteiger partial charge in [0.15, 0.2) is 5.76 Å². The number of nitrogens with zero attached hydrogens (tertiary/aromatic N) is 2. The maximum atomic E-state index is 12.8. The van der Waals surface area contributed by atoms with Gasteiger partial charge in [0.05, 0.1) is 26.0 Å². The molecule has 3 aromatic rings. The van der Waals surface area contributed by atoms with E-state index in [-0.39, 0.29) is 23.7 Å². The first kappa shape index (κ1) is 24.5. The highest BCUT2D eigenvalue weighted by atomic mass is 79.9. The van der Waals surface area contributed by atoms with Gasteiger partial charge in [0.1, 0.15) is 5.76 Å². The monoisotopic (exact) mass is 554 g/mol. The van der Waals surface area contributed by atoms with E-state index in [0.717, 1.165) is 29.7 Å². The van der Waals surface area contributed by atoms with E-state index in [1.54, 1.807) is 6.07 Å². The van der Waals surface area contributed by atoms with Gasteiger partial charge < -0.3 is 18.8 Å². The number of ether oxygens (including phenoxy) is 1. The van der Waals surface area contributed by atoms with Crippen LogP contribution < -0.4 is 11.0 Å². The molecule has 188 valence electrons. The highest BCUT2D eigenvalue weighted by Crippen LogP contribution is 2.37. The SMILES string of the molecule is COC(=O)CC(c1cccc(Br)c1)c1oc(CN2C[C@H]3C[C@@H](C2)c2cccc(=O)n2C3)cc(=O)c1O. The lowest BCUT2D eigenvalue weighted by Crippen LogP contribution is -2.46. The highest BCUT2D eigenvalue weighted by molar-refractivity contribution is 9.10. The van der Waals surface area contributed by atoms with Crippen molar-refractivity contribution in [2.75, 3.05) is 20.2 Å². The second kappa shape index (κ2) is 10.1. The summed E-state index contributed by atoms with van der Waals surface area (Å²) < 4.78 is 13.7. The molecule has 2 aromatic heterocycles. The van der Waals surface area contributed by atoms with Crippen LogP contribution in [0.5, 0.6) is 5.75 Å².